The number of aryl methyl sites for hydroxylation is 3. The number of rotatable bonds is 10. The van der Waals surface area contributed by atoms with Gasteiger partial charge in [0.2, 0.25) is 0 Å². The Morgan fingerprint density at radius 1 is 0.973 bits per heavy atom. The normalized spacial score (nSPS) is 11.8. The van der Waals surface area contributed by atoms with Crippen LogP contribution in [0.3, 0.4) is 0 Å². The maximum atomic E-state index is 12.9. The second kappa shape index (κ2) is 12.4. The summed E-state index contributed by atoms with van der Waals surface area (Å²) in [7, 11) is 1.36. The van der Waals surface area contributed by atoms with E-state index in [-0.39, 0.29) is 5.97 Å². The van der Waals surface area contributed by atoms with E-state index in [4.69, 9.17) is 9.47 Å². The third-order valence-corrected chi connectivity index (χ3v) is 6.08. The van der Waals surface area contributed by atoms with Gasteiger partial charge in [-0.25, -0.2) is 4.79 Å². The second-order valence-electron chi connectivity index (χ2n) is 8.88. The number of hydrogen-bond acceptors (Lipinski definition) is 3. The molecule has 0 aliphatic heterocycles. The van der Waals surface area contributed by atoms with E-state index in [1.54, 1.807) is 12.1 Å². The zero-order valence-electron chi connectivity index (χ0n) is 21.3. The molecule has 3 nitrogen and oxygen atoms in total. The van der Waals surface area contributed by atoms with Gasteiger partial charge in [-0.1, -0.05) is 36.4 Å². The van der Waals surface area contributed by atoms with E-state index in [1.807, 2.05) is 44.2 Å². The summed E-state index contributed by atoms with van der Waals surface area (Å²) in [5.41, 5.74) is 5.58. The third-order valence-electron chi connectivity index (χ3n) is 6.08. The molecule has 0 heterocycles. The number of carbonyl (C=O) groups is 1. The molecule has 0 saturated heterocycles. The smallest absolute Gasteiger partial charge is 0.416 e. The molecule has 37 heavy (non-hydrogen) atoms. The molecule has 0 spiro atoms. The van der Waals surface area contributed by atoms with Crippen LogP contribution >= 0.6 is 0 Å². The van der Waals surface area contributed by atoms with Crippen LogP contribution in [0, 0.1) is 13.8 Å². The van der Waals surface area contributed by atoms with E-state index >= 15 is 0 Å². The molecule has 3 aromatic carbocycles. The van der Waals surface area contributed by atoms with Crippen LogP contribution in [0.15, 0.2) is 85.0 Å². The van der Waals surface area contributed by atoms with Crippen LogP contribution in [-0.2, 0) is 17.3 Å². The van der Waals surface area contributed by atoms with Crippen LogP contribution in [0.4, 0.5) is 13.2 Å². The molecule has 6 heteroatoms. The van der Waals surface area contributed by atoms with Crippen LogP contribution in [0.25, 0.3) is 11.1 Å². The summed E-state index contributed by atoms with van der Waals surface area (Å²) in [6.07, 6.45) is 1.96. The Balaban J connectivity index is 1.65. The van der Waals surface area contributed by atoms with Crippen LogP contribution < -0.4 is 4.74 Å². The van der Waals surface area contributed by atoms with E-state index in [0.29, 0.717) is 24.3 Å². The van der Waals surface area contributed by atoms with Crippen LogP contribution in [0.5, 0.6) is 5.75 Å². The fourth-order valence-corrected chi connectivity index (χ4v) is 4.22. The molecular formula is C31H31F3O3. The topological polar surface area (TPSA) is 35.5 Å². The standard InChI is InChI=1S/C31H31F3O3/c1-5-7-24(9-6-8-23-10-12-26(13-11-23)30(35)36-4)20-37-28-18-21(2)29(22(3)19-28)25-14-16-27(17-15-25)31(32,33)34/h5,9-19H,1,6-8,20H2,2-4H3. The minimum absolute atomic E-state index is 0.352. The van der Waals surface area contributed by atoms with Crippen molar-refractivity contribution in [3.8, 4) is 16.9 Å². The largest absolute Gasteiger partial charge is 0.489 e. The first-order valence-electron chi connectivity index (χ1n) is 12.0. The number of benzene rings is 3. The van der Waals surface area contributed by atoms with Gasteiger partial charge >= 0.3 is 12.1 Å². The Hall–Kier alpha value is -3.80. The SMILES string of the molecule is C=CCC(=CCCc1ccc(C(=O)OC)cc1)COc1cc(C)c(-c2ccc(C(F)(F)F)cc2)c(C)c1. The molecule has 0 unspecified atom stereocenters. The second-order valence-corrected chi connectivity index (χ2v) is 8.88. The molecule has 194 valence electrons. The van der Waals surface area contributed by atoms with Crippen LogP contribution in [0.2, 0.25) is 0 Å². The number of ether oxygens (including phenoxy) is 2. The summed E-state index contributed by atoms with van der Waals surface area (Å²) in [6.45, 7) is 8.11. The number of esters is 1. The summed E-state index contributed by atoms with van der Waals surface area (Å²) >= 11 is 0. The number of alkyl halides is 3. The van der Waals surface area contributed by atoms with Crippen molar-refractivity contribution in [2.24, 2.45) is 0 Å². The molecule has 0 aromatic heterocycles. The van der Waals surface area contributed by atoms with E-state index in [9.17, 15) is 18.0 Å². The molecular weight excluding hydrogens is 477 g/mol. The van der Waals surface area contributed by atoms with Gasteiger partial charge < -0.3 is 9.47 Å². The lowest BCUT2D eigenvalue weighted by molar-refractivity contribution is -0.137. The highest BCUT2D eigenvalue weighted by molar-refractivity contribution is 5.89. The fourth-order valence-electron chi connectivity index (χ4n) is 4.22. The van der Waals surface area contributed by atoms with Gasteiger partial charge in [-0.3, -0.25) is 0 Å². The molecule has 3 aromatic rings. The summed E-state index contributed by atoms with van der Waals surface area (Å²) in [5, 5.41) is 0. The summed E-state index contributed by atoms with van der Waals surface area (Å²) in [5.74, 6) is 0.355. The lowest BCUT2D eigenvalue weighted by Crippen LogP contribution is -2.04. The molecule has 0 aliphatic carbocycles. The van der Waals surface area contributed by atoms with Gasteiger partial charge in [0.05, 0.1) is 18.2 Å². The highest BCUT2D eigenvalue weighted by atomic mass is 19.4. The highest BCUT2D eigenvalue weighted by Crippen LogP contribution is 2.34. The van der Waals surface area contributed by atoms with Gasteiger partial charge in [-0.15, -0.1) is 6.58 Å². The average molecular weight is 509 g/mol. The summed E-state index contributed by atoms with van der Waals surface area (Å²) in [6, 6.07) is 16.4. The number of carbonyl (C=O) groups excluding carboxylic acids is 1. The van der Waals surface area contributed by atoms with Crippen molar-refractivity contribution in [3.63, 3.8) is 0 Å². The van der Waals surface area contributed by atoms with Gasteiger partial charge in [0.15, 0.2) is 0 Å². The maximum Gasteiger partial charge on any atom is 0.416 e. The average Bonchev–Trinajstić information content (AvgIpc) is 2.86. The Bertz CT molecular complexity index is 1230. The van der Waals surface area contributed by atoms with Crippen molar-refractivity contribution in [2.45, 2.75) is 39.3 Å². The molecule has 0 fully saturated rings. The molecule has 0 bridgehead atoms. The fraction of sp³-hybridized carbons (Fsp3) is 0.258. The summed E-state index contributed by atoms with van der Waals surface area (Å²) < 4.78 is 49.5. The zero-order valence-corrected chi connectivity index (χ0v) is 21.3. The molecule has 0 radical (unpaired) electrons. The first-order valence-corrected chi connectivity index (χ1v) is 12.0. The molecule has 3 rings (SSSR count). The molecule has 0 saturated carbocycles. The maximum absolute atomic E-state index is 12.9. The lowest BCUT2D eigenvalue weighted by atomic mass is 9.94. The molecule has 0 aliphatic rings. The van der Waals surface area contributed by atoms with E-state index in [0.717, 1.165) is 58.4 Å². The van der Waals surface area contributed by atoms with Crippen molar-refractivity contribution < 1.29 is 27.4 Å². The van der Waals surface area contributed by atoms with Crippen molar-refractivity contribution in [3.05, 3.63) is 113 Å². The molecule has 0 N–H and O–H groups in total. The van der Waals surface area contributed by atoms with E-state index in [1.165, 1.54) is 19.2 Å². The van der Waals surface area contributed by atoms with Crippen molar-refractivity contribution in [1.29, 1.82) is 0 Å². The predicted octanol–water partition coefficient (Wildman–Crippen LogP) is 8.29. The number of allylic oxidation sites excluding steroid dienone is 2. The van der Waals surface area contributed by atoms with Crippen LogP contribution in [-0.4, -0.2) is 19.7 Å². The first-order chi connectivity index (χ1) is 17.6. The molecule has 0 amide bonds. The zero-order chi connectivity index (χ0) is 27.0. The number of hydrogen-bond donors (Lipinski definition) is 0. The highest BCUT2D eigenvalue weighted by Gasteiger charge is 2.30. The number of halogens is 3. The van der Waals surface area contributed by atoms with Gasteiger partial charge in [0.25, 0.3) is 0 Å². The monoisotopic (exact) mass is 508 g/mol. The predicted molar refractivity (Wildman–Crippen MR) is 141 cm³/mol. The van der Waals surface area contributed by atoms with Crippen molar-refractivity contribution in [1.82, 2.24) is 0 Å². The minimum atomic E-state index is -4.36. The van der Waals surface area contributed by atoms with Gasteiger partial charge in [0.1, 0.15) is 12.4 Å². The Kier molecular flexibility index (Phi) is 9.34. The van der Waals surface area contributed by atoms with E-state index < -0.39 is 11.7 Å². The first kappa shape index (κ1) is 27.8. The Morgan fingerprint density at radius 3 is 2.14 bits per heavy atom. The lowest BCUT2D eigenvalue weighted by Gasteiger charge is -2.15. The number of methoxy groups -OCH3 is 1. The summed E-state index contributed by atoms with van der Waals surface area (Å²) in [4.78, 5) is 11.6. The third kappa shape index (κ3) is 7.59. The molecule has 0 atom stereocenters. The van der Waals surface area contributed by atoms with E-state index in [2.05, 4.69) is 12.7 Å². The van der Waals surface area contributed by atoms with Crippen LogP contribution in [0.1, 0.15) is 45.5 Å². The minimum Gasteiger partial charge on any atom is -0.489 e. The Morgan fingerprint density at radius 2 is 1.59 bits per heavy atom. The van der Waals surface area contributed by atoms with Gasteiger partial charge in [-0.05, 0) is 103 Å². The quantitative estimate of drug-likeness (QED) is 0.204. The van der Waals surface area contributed by atoms with Gasteiger partial charge in [0, 0.05) is 0 Å². The van der Waals surface area contributed by atoms with Crippen molar-refractivity contribution in [2.75, 3.05) is 13.7 Å². The van der Waals surface area contributed by atoms with Gasteiger partial charge in [-0.2, -0.15) is 13.2 Å². The van der Waals surface area contributed by atoms with Crippen molar-refractivity contribution >= 4 is 5.97 Å². The Labute approximate surface area is 216 Å².